The van der Waals surface area contributed by atoms with Crippen molar-refractivity contribution in [2.24, 2.45) is 4.99 Å². The molecule has 2 rings (SSSR count). The third-order valence-electron chi connectivity index (χ3n) is 3.85. The number of benzene rings is 1. The van der Waals surface area contributed by atoms with Crippen molar-refractivity contribution in [2.45, 2.75) is 31.9 Å². The van der Waals surface area contributed by atoms with Gasteiger partial charge in [-0.15, -0.1) is 24.0 Å². The zero-order valence-electron chi connectivity index (χ0n) is 15.4. The van der Waals surface area contributed by atoms with E-state index in [1.54, 1.807) is 7.05 Å². The molecule has 0 radical (unpaired) electrons. The summed E-state index contributed by atoms with van der Waals surface area (Å²) in [4.78, 5) is 7.51. The van der Waals surface area contributed by atoms with Crippen molar-refractivity contribution in [3.63, 3.8) is 0 Å². The highest BCUT2D eigenvalue weighted by molar-refractivity contribution is 14.0. The van der Waals surface area contributed by atoms with E-state index in [2.05, 4.69) is 45.0 Å². The lowest BCUT2D eigenvalue weighted by Gasteiger charge is -2.18. The SMILES string of the molecule is CN=C(NCCc1c[nH]c2ccccc12)NCCS(=O)C(C)(C)C.I. The highest BCUT2D eigenvalue weighted by atomic mass is 127. The summed E-state index contributed by atoms with van der Waals surface area (Å²) in [5.41, 5.74) is 2.46. The first-order valence-corrected chi connectivity index (χ1v) is 9.61. The molecule has 3 N–H and O–H groups in total. The maximum atomic E-state index is 12.0. The van der Waals surface area contributed by atoms with Gasteiger partial charge in [0.1, 0.15) is 0 Å². The molecule has 0 spiro atoms. The van der Waals surface area contributed by atoms with E-state index in [0.717, 1.165) is 18.9 Å². The fourth-order valence-corrected chi connectivity index (χ4v) is 3.34. The molecule has 0 aliphatic heterocycles. The number of H-pyrrole nitrogens is 1. The standard InChI is InChI=1S/C18H28N4OS.HI/c1-18(2,3)24(23)12-11-21-17(19-4)20-10-9-14-13-22-16-8-6-5-7-15(14)16;/h5-8,13,22H,9-12H2,1-4H3,(H2,19,20,21);1H. The Balaban J connectivity index is 0.00000312. The van der Waals surface area contributed by atoms with Crippen molar-refractivity contribution in [2.75, 3.05) is 25.9 Å². The Bertz CT molecular complexity index is 721. The molecule has 1 aromatic heterocycles. The minimum Gasteiger partial charge on any atom is -0.361 e. The van der Waals surface area contributed by atoms with E-state index in [1.165, 1.54) is 16.5 Å². The number of hydrogen-bond acceptors (Lipinski definition) is 2. The molecule has 0 saturated heterocycles. The van der Waals surface area contributed by atoms with Gasteiger partial charge in [-0.05, 0) is 38.8 Å². The summed E-state index contributed by atoms with van der Waals surface area (Å²) in [5.74, 6) is 1.37. The second-order valence-electron chi connectivity index (χ2n) is 6.70. The third-order valence-corrected chi connectivity index (χ3v) is 5.79. The van der Waals surface area contributed by atoms with Crippen molar-refractivity contribution in [1.82, 2.24) is 15.6 Å². The second-order valence-corrected chi connectivity index (χ2v) is 9.02. The van der Waals surface area contributed by atoms with E-state index in [0.29, 0.717) is 12.3 Å². The highest BCUT2D eigenvalue weighted by Gasteiger charge is 2.18. The largest absolute Gasteiger partial charge is 0.361 e. The molecule has 7 heteroatoms. The van der Waals surface area contributed by atoms with Crippen LogP contribution in [0.1, 0.15) is 26.3 Å². The van der Waals surface area contributed by atoms with E-state index >= 15 is 0 Å². The summed E-state index contributed by atoms with van der Waals surface area (Å²) in [5, 5.41) is 7.81. The Labute approximate surface area is 169 Å². The maximum absolute atomic E-state index is 12.0. The molecule has 5 nitrogen and oxygen atoms in total. The molecule has 0 fully saturated rings. The van der Waals surface area contributed by atoms with Gasteiger partial charge in [-0.1, -0.05) is 18.2 Å². The number of para-hydroxylation sites is 1. The van der Waals surface area contributed by atoms with Crippen LogP contribution >= 0.6 is 24.0 Å². The first-order chi connectivity index (χ1) is 11.4. The summed E-state index contributed by atoms with van der Waals surface area (Å²) in [7, 11) is 0.901. The van der Waals surface area contributed by atoms with Gasteiger partial charge >= 0.3 is 0 Å². The number of rotatable bonds is 6. The predicted octanol–water partition coefficient (Wildman–Crippen LogP) is 3.04. The second kappa shape index (κ2) is 10.2. The van der Waals surface area contributed by atoms with Crippen molar-refractivity contribution < 1.29 is 4.21 Å². The molecule has 25 heavy (non-hydrogen) atoms. The number of aliphatic imine (C=N–C) groups is 1. The van der Waals surface area contributed by atoms with Crippen molar-refractivity contribution >= 4 is 51.6 Å². The molecular weight excluding hydrogens is 447 g/mol. The van der Waals surface area contributed by atoms with Gasteiger partial charge in [0.05, 0.1) is 0 Å². The lowest BCUT2D eigenvalue weighted by atomic mass is 10.1. The summed E-state index contributed by atoms with van der Waals surface area (Å²) in [6.07, 6.45) is 2.98. The molecule has 0 aliphatic rings. The monoisotopic (exact) mass is 476 g/mol. The van der Waals surface area contributed by atoms with E-state index in [-0.39, 0.29) is 28.7 Å². The molecule has 1 atom stereocenters. The Morgan fingerprint density at radius 3 is 2.56 bits per heavy atom. The minimum atomic E-state index is -0.851. The quantitative estimate of drug-likeness (QED) is 0.341. The fourth-order valence-electron chi connectivity index (χ4n) is 2.44. The molecule has 0 amide bonds. The minimum absolute atomic E-state index is 0. The summed E-state index contributed by atoms with van der Waals surface area (Å²) >= 11 is 0. The van der Waals surface area contributed by atoms with Crippen LogP contribution in [0.4, 0.5) is 0 Å². The van der Waals surface area contributed by atoms with Crippen LogP contribution in [-0.4, -0.2) is 45.8 Å². The van der Waals surface area contributed by atoms with Crippen molar-refractivity contribution in [3.8, 4) is 0 Å². The van der Waals surface area contributed by atoms with Crippen LogP contribution in [0.15, 0.2) is 35.5 Å². The first kappa shape index (κ1) is 22.0. The average molecular weight is 476 g/mol. The Hall–Kier alpha value is -1.09. The zero-order valence-corrected chi connectivity index (χ0v) is 18.5. The number of nitrogens with one attached hydrogen (secondary N) is 3. The molecular formula is C18H29IN4OS. The maximum Gasteiger partial charge on any atom is 0.191 e. The normalized spacial score (nSPS) is 13.4. The highest BCUT2D eigenvalue weighted by Crippen LogP contribution is 2.17. The van der Waals surface area contributed by atoms with Crippen LogP contribution in [0.5, 0.6) is 0 Å². The van der Waals surface area contributed by atoms with Gasteiger partial charge in [0.15, 0.2) is 5.96 Å². The molecule has 1 unspecified atom stereocenters. The Kier molecular flexibility index (Phi) is 8.92. The van der Waals surface area contributed by atoms with E-state index in [4.69, 9.17) is 0 Å². The molecule has 0 bridgehead atoms. The molecule has 0 aliphatic carbocycles. The van der Waals surface area contributed by atoms with Gasteiger partial charge in [0, 0.05) is 58.5 Å². The lowest BCUT2D eigenvalue weighted by Crippen LogP contribution is -2.41. The summed E-state index contributed by atoms with van der Waals surface area (Å²) in [6.45, 7) is 7.44. The molecule has 2 aromatic rings. The van der Waals surface area contributed by atoms with E-state index in [9.17, 15) is 4.21 Å². The van der Waals surface area contributed by atoms with Gasteiger partial charge in [-0.2, -0.15) is 0 Å². The van der Waals surface area contributed by atoms with Gasteiger partial charge in [-0.3, -0.25) is 9.20 Å². The van der Waals surface area contributed by atoms with Crippen LogP contribution in [0, 0.1) is 0 Å². The van der Waals surface area contributed by atoms with Gasteiger partial charge < -0.3 is 15.6 Å². The average Bonchev–Trinajstić information content (AvgIpc) is 2.95. The smallest absolute Gasteiger partial charge is 0.191 e. The van der Waals surface area contributed by atoms with E-state index < -0.39 is 10.8 Å². The van der Waals surface area contributed by atoms with Crippen molar-refractivity contribution in [1.29, 1.82) is 0 Å². The van der Waals surface area contributed by atoms with Crippen LogP contribution in [-0.2, 0) is 17.2 Å². The third kappa shape index (κ3) is 6.62. The molecule has 140 valence electrons. The van der Waals surface area contributed by atoms with E-state index in [1.807, 2.05) is 26.8 Å². The number of nitrogens with zero attached hydrogens (tertiary/aromatic N) is 1. The fraction of sp³-hybridized carbons (Fsp3) is 0.500. The first-order valence-electron chi connectivity index (χ1n) is 8.30. The number of hydrogen-bond donors (Lipinski definition) is 3. The number of fused-ring (bicyclic) bond motifs is 1. The number of guanidine groups is 1. The number of aromatic amines is 1. The molecule has 1 heterocycles. The van der Waals surface area contributed by atoms with Gasteiger partial charge in [0.2, 0.25) is 0 Å². The van der Waals surface area contributed by atoms with Crippen LogP contribution in [0.3, 0.4) is 0 Å². The Morgan fingerprint density at radius 2 is 1.88 bits per heavy atom. The van der Waals surface area contributed by atoms with Crippen LogP contribution < -0.4 is 10.6 Å². The number of halogens is 1. The van der Waals surface area contributed by atoms with Crippen LogP contribution in [0.2, 0.25) is 0 Å². The van der Waals surface area contributed by atoms with Crippen molar-refractivity contribution in [3.05, 3.63) is 36.0 Å². The van der Waals surface area contributed by atoms with Gasteiger partial charge in [0.25, 0.3) is 0 Å². The predicted molar refractivity (Wildman–Crippen MR) is 120 cm³/mol. The lowest BCUT2D eigenvalue weighted by molar-refractivity contribution is 0.647. The van der Waals surface area contributed by atoms with Crippen LogP contribution in [0.25, 0.3) is 10.9 Å². The molecule has 0 saturated carbocycles. The molecule has 1 aromatic carbocycles. The topological polar surface area (TPSA) is 69.3 Å². The summed E-state index contributed by atoms with van der Waals surface area (Å²) in [6, 6.07) is 8.31. The number of aromatic nitrogens is 1. The zero-order chi connectivity index (χ0) is 17.6. The van der Waals surface area contributed by atoms with Gasteiger partial charge in [-0.25, -0.2) is 0 Å². The summed E-state index contributed by atoms with van der Waals surface area (Å²) < 4.78 is 11.9. The Morgan fingerprint density at radius 1 is 1.20 bits per heavy atom.